The van der Waals surface area contributed by atoms with Gasteiger partial charge in [0.1, 0.15) is 0 Å². The van der Waals surface area contributed by atoms with Crippen molar-refractivity contribution in [2.45, 2.75) is 20.3 Å². The predicted octanol–water partition coefficient (Wildman–Crippen LogP) is 3.55. The number of carbonyl (C=O) groups excluding carboxylic acids is 2. The molecule has 2 rings (SSSR count). The van der Waals surface area contributed by atoms with Crippen LogP contribution in [0.4, 0.5) is 0 Å². The number of benzene rings is 2. The second-order valence-corrected chi connectivity index (χ2v) is 4.54. The molecule has 3 nitrogen and oxygen atoms in total. The molecule has 102 valence electrons. The minimum absolute atomic E-state index is 0.379. The van der Waals surface area contributed by atoms with E-state index in [-0.39, 0.29) is 0 Å². The number of rotatable bonds is 3. The van der Waals surface area contributed by atoms with Crippen molar-refractivity contribution in [3.05, 3.63) is 70.8 Å². The van der Waals surface area contributed by atoms with Crippen LogP contribution in [-0.4, -0.2) is 11.9 Å². The average molecular weight is 268 g/mol. The molecule has 0 atom stereocenters. The summed E-state index contributed by atoms with van der Waals surface area (Å²) in [6.07, 6.45) is 0.900. The van der Waals surface area contributed by atoms with E-state index in [4.69, 9.17) is 4.74 Å². The average Bonchev–Trinajstić information content (AvgIpc) is 2.47. The maximum atomic E-state index is 11.9. The summed E-state index contributed by atoms with van der Waals surface area (Å²) >= 11 is 0. The van der Waals surface area contributed by atoms with Crippen LogP contribution in [0.15, 0.2) is 48.5 Å². The summed E-state index contributed by atoms with van der Waals surface area (Å²) < 4.78 is 4.90. The number of hydrogen-bond acceptors (Lipinski definition) is 3. The molecule has 0 saturated carbocycles. The van der Waals surface area contributed by atoms with Crippen LogP contribution in [0.2, 0.25) is 0 Å². The molecule has 0 spiro atoms. The molecule has 0 amide bonds. The molecule has 20 heavy (non-hydrogen) atoms. The second kappa shape index (κ2) is 6.15. The zero-order valence-corrected chi connectivity index (χ0v) is 11.6. The number of esters is 2. The molecule has 0 aromatic heterocycles. The highest BCUT2D eigenvalue weighted by atomic mass is 16.6. The molecule has 2 aromatic rings. The summed E-state index contributed by atoms with van der Waals surface area (Å²) in [4.78, 5) is 23.8. The Morgan fingerprint density at radius 3 is 2.20 bits per heavy atom. The van der Waals surface area contributed by atoms with Crippen LogP contribution in [-0.2, 0) is 11.2 Å². The fraction of sp³-hybridized carbons (Fsp3) is 0.176. The first kappa shape index (κ1) is 14.0. The van der Waals surface area contributed by atoms with Crippen LogP contribution in [0.1, 0.15) is 38.8 Å². The van der Waals surface area contributed by atoms with Gasteiger partial charge in [0.15, 0.2) is 0 Å². The number of carbonyl (C=O) groups is 2. The maximum Gasteiger partial charge on any atom is 0.346 e. The maximum absolute atomic E-state index is 11.9. The number of ether oxygens (including phenoxy) is 1. The fourth-order valence-corrected chi connectivity index (χ4v) is 1.88. The SMILES string of the molecule is CCc1ccc(C(=O)OC(=O)c2ccccc2C)cc1. The van der Waals surface area contributed by atoms with Gasteiger partial charge in [0.05, 0.1) is 11.1 Å². The van der Waals surface area contributed by atoms with Gasteiger partial charge in [0.25, 0.3) is 0 Å². The first-order chi connectivity index (χ1) is 9.61. The molecule has 0 saturated heterocycles. The van der Waals surface area contributed by atoms with E-state index in [2.05, 4.69) is 0 Å². The zero-order valence-electron chi connectivity index (χ0n) is 11.6. The van der Waals surface area contributed by atoms with Crippen molar-refractivity contribution in [3.63, 3.8) is 0 Å². The van der Waals surface area contributed by atoms with E-state index in [0.717, 1.165) is 17.5 Å². The van der Waals surface area contributed by atoms with Crippen molar-refractivity contribution < 1.29 is 14.3 Å². The lowest BCUT2D eigenvalue weighted by Gasteiger charge is -2.06. The minimum atomic E-state index is -0.624. The Bertz CT molecular complexity index is 627. The smallest absolute Gasteiger partial charge is 0.346 e. The molecule has 0 N–H and O–H groups in total. The van der Waals surface area contributed by atoms with E-state index < -0.39 is 11.9 Å². The predicted molar refractivity (Wildman–Crippen MR) is 76.7 cm³/mol. The topological polar surface area (TPSA) is 43.4 Å². The molecule has 0 heterocycles. The number of aryl methyl sites for hydroxylation is 2. The van der Waals surface area contributed by atoms with E-state index in [1.54, 1.807) is 37.3 Å². The van der Waals surface area contributed by atoms with Crippen molar-refractivity contribution in [2.75, 3.05) is 0 Å². The Labute approximate surface area is 118 Å². The quantitative estimate of drug-likeness (QED) is 0.631. The molecule has 0 radical (unpaired) electrons. The van der Waals surface area contributed by atoms with Gasteiger partial charge in [0.2, 0.25) is 0 Å². The van der Waals surface area contributed by atoms with Gasteiger partial charge in [-0.15, -0.1) is 0 Å². The highest BCUT2D eigenvalue weighted by Gasteiger charge is 2.16. The van der Waals surface area contributed by atoms with Gasteiger partial charge in [0, 0.05) is 0 Å². The van der Waals surface area contributed by atoms with E-state index >= 15 is 0 Å². The summed E-state index contributed by atoms with van der Waals surface area (Å²) in [7, 11) is 0. The van der Waals surface area contributed by atoms with Gasteiger partial charge in [-0.05, 0) is 42.7 Å². The highest BCUT2D eigenvalue weighted by Crippen LogP contribution is 2.11. The first-order valence-corrected chi connectivity index (χ1v) is 6.53. The van der Waals surface area contributed by atoms with Crippen LogP contribution in [0.3, 0.4) is 0 Å². The van der Waals surface area contributed by atoms with Gasteiger partial charge in [-0.25, -0.2) is 9.59 Å². The van der Waals surface area contributed by atoms with Gasteiger partial charge in [-0.1, -0.05) is 37.3 Å². The third-order valence-corrected chi connectivity index (χ3v) is 3.15. The zero-order chi connectivity index (χ0) is 14.5. The summed E-state index contributed by atoms with van der Waals surface area (Å²) in [5.74, 6) is -1.24. The van der Waals surface area contributed by atoms with Crippen molar-refractivity contribution >= 4 is 11.9 Å². The van der Waals surface area contributed by atoms with Crippen LogP contribution < -0.4 is 0 Å². The molecule has 0 aliphatic heterocycles. The summed E-state index contributed by atoms with van der Waals surface area (Å²) in [5, 5.41) is 0. The van der Waals surface area contributed by atoms with Gasteiger partial charge >= 0.3 is 11.9 Å². The summed E-state index contributed by atoms with van der Waals surface area (Å²) in [6, 6.07) is 14.1. The van der Waals surface area contributed by atoms with E-state index in [1.807, 2.05) is 25.1 Å². The lowest BCUT2D eigenvalue weighted by atomic mass is 10.1. The molecule has 0 unspecified atom stereocenters. The van der Waals surface area contributed by atoms with Crippen LogP contribution in [0.25, 0.3) is 0 Å². The minimum Gasteiger partial charge on any atom is -0.386 e. The van der Waals surface area contributed by atoms with Crippen molar-refractivity contribution in [1.29, 1.82) is 0 Å². The molecule has 2 aromatic carbocycles. The molecule has 0 aliphatic rings. The van der Waals surface area contributed by atoms with Gasteiger partial charge < -0.3 is 4.74 Å². The molecule has 0 fully saturated rings. The summed E-state index contributed by atoms with van der Waals surface area (Å²) in [6.45, 7) is 3.84. The Morgan fingerprint density at radius 2 is 1.60 bits per heavy atom. The van der Waals surface area contributed by atoms with Crippen molar-refractivity contribution in [1.82, 2.24) is 0 Å². The van der Waals surface area contributed by atoms with Crippen molar-refractivity contribution in [3.8, 4) is 0 Å². The Kier molecular flexibility index (Phi) is 4.31. The standard InChI is InChI=1S/C17H16O3/c1-3-13-8-10-14(11-9-13)16(18)20-17(19)15-7-5-4-6-12(15)2/h4-11H,3H2,1-2H3. The molecular weight excluding hydrogens is 252 g/mol. The normalized spacial score (nSPS) is 10.1. The van der Waals surface area contributed by atoms with Crippen molar-refractivity contribution in [2.24, 2.45) is 0 Å². The Hall–Kier alpha value is -2.42. The summed E-state index contributed by atoms with van der Waals surface area (Å²) in [5.41, 5.74) is 2.70. The lowest BCUT2D eigenvalue weighted by molar-refractivity contribution is 0.0397. The fourth-order valence-electron chi connectivity index (χ4n) is 1.88. The van der Waals surface area contributed by atoms with E-state index in [1.165, 1.54) is 0 Å². The highest BCUT2D eigenvalue weighted by molar-refractivity contribution is 6.03. The number of hydrogen-bond donors (Lipinski definition) is 0. The Balaban J connectivity index is 2.11. The van der Waals surface area contributed by atoms with Gasteiger partial charge in [-0.2, -0.15) is 0 Å². The van der Waals surface area contributed by atoms with Crippen LogP contribution >= 0.6 is 0 Å². The molecular formula is C17H16O3. The molecule has 0 aliphatic carbocycles. The molecule has 3 heteroatoms. The van der Waals surface area contributed by atoms with Crippen LogP contribution in [0.5, 0.6) is 0 Å². The third kappa shape index (κ3) is 3.12. The second-order valence-electron chi connectivity index (χ2n) is 4.54. The van der Waals surface area contributed by atoms with E-state index in [9.17, 15) is 9.59 Å². The lowest BCUT2D eigenvalue weighted by Crippen LogP contribution is -2.13. The van der Waals surface area contributed by atoms with E-state index in [0.29, 0.717) is 11.1 Å². The monoisotopic (exact) mass is 268 g/mol. The first-order valence-electron chi connectivity index (χ1n) is 6.53. The Morgan fingerprint density at radius 1 is 0.950 bits per heavy atom. The largest absolute Gasteiger partial charge is 0.386 e. The van der Waals surface area contributed by atoms with Gasteiger partial charge in [-0.3, -0.25) is 0 Å². The van der Waals surface area contributed by atoms with Crippen LogP contribution in [0, 0.1) is 6.92 Å². The molecule has 0 bridgehead atoms. The third-order valence-electron chi connectivity index (χ3n) is 3.15.